The number of ketones is 1. The predicted molar refractivity (Wildman–Crippen MR) is 130 cm³/mol. The van der Waals surface area contributed by atoms with Crippen LogP contribution in [0.1, 0.15) is 55.8 Å². The van der Waals surface area contributed by atoms with Crippen molar-refractivity contribution >= 4 is 23.4 Å². The Kier molecular flexibility index (Phi) is 8.30. The van der Waals surface area contributed by atoms with Gasteiger partial charge in [-0.25, -0.2) is 0 Å². The zero-order chi connectivity index (χ0) is 25.7. The summed E-state index contributed by atoms with van der Waals surface area (Å²) in [6, 6.07) is 10.9. The van der Waals surface area contributed by atoms with E-state index in [9.17, 15) is 19.5 Å². The van der Waals surface area contributed by atoms with Crippen LogP contribution in [0.2, 0.25) is 0 Å². The molecule has 3 rings (SSSR count). The second kappa shape index (κ2) is 11.2. The van der Waals surface area contributed by atoms with Crippen LogP contribution in [0.4, 0.5) is 0 Å². The summed E-state index contributed by atoms with van der Waals surface area (Å²) in [6.07, 6.45) is 0.504. The summed E-state index contributed by atoms with van der Waals surface area (Å²) in [5, 5.41) is 11.3. The predicted octanol–water partition coefficient (Wildman–Crippen LogP) is 4.20. The minimum atomic E-state index is -0.855. The fourth-order valence-corrected chi connectivity index (χ4v) is 4.24. The number of benzene rings is 2. The first-order chi connectivity index (χ1) is 16.7. The third kappa shape index (κ3) is 5.54. The molecule has 0 aliphatic carbocycles. The van der Waals surface area contributed by atoms with E-state index >= 15 is 0 Å². The molecule has 1 N–H and O–H groups in total. The number of nitrogens with zero attached hydrogens (tertiary/aromatic N) is 1. The van der Waals surface area contributed by atoms with Crippen molar-refractivity contribution < 1.29 is 33.7 Å². The molecule has 2 aromatic carbocycles. The van der Waals surface area contributed by atoms with Crippen molar-refractivity contribution in [3.63, 3.8) is 0 Å². The molecule has 1 aliphatic rings. The first-order valence-corrected chi connectivity index (χ1v) is 11.4. The summed E-state index contributed by atoms with van der Waals surface area (Å²) in [6.45, 7) is 5.93. The number of aliphatic hydroxyl groups excluding tert-OH is 1. The highest BCUT2D eigenvalue weighted by molar-refractivity contribution is 6.46. The molecule has 1 saturated heterocycles. The first kappa shape index (κ1) is 26.0. The van der Waals surface area contributed by atoms with Gasteiger partial charge in [0.2, 0.25) is 0 Å². The lowest BCUT2D eigenvalue weighted by molar-refractivity contribution is -0.140. The van der Waals surface area contributed by atoms with Crippen LogP contribution in [-0.2, 0) is 19.1 Å². The van der Waals surface area contributed by atoms with Crippen molar-refractivity contribution in [3.05, 3.63) is 64.7 Å². The summed E-state index contributed by atoms with van der Waals surface area (Å²) in [5.41, 5.74) is 1.79. The second-order valence-corrected chi connectivity index (χ2v) is 8.62. The minimum absolute atomic E-state index is 0.0211. The molecular weight excluding hydrogens is 450 g/mol. The summed E-state index contributed by atoms with van der Waals surface area (Å²) in [5.74, 6) is -1.19. The van der Waals surface area contributed by atoms with Gasteiger partial charge in [-0.05, 0) is 53.8 Å². The van der Waals surface area contributed by atoms with E-state index in [4.69, 9.17) is 14.2 Å². The van der Waals surface area contributed by atoms with Gasteiger partial charge in [0.15, 0.2) is 0 Å². The van der Waals surface area contributed by atoms with Crippen LogP contribution in [0.25, 0.3) is 5.76 Å². The van der Waals surface area contributed by atoms with E-state index in [1.165, 1.54) is 11.8 Å². The molecule has 1 atom stereocenters. The lowest BCUT2D eigenvalue weighted by Crippen LogP contribution is -2.31. The van der Waals surface area contributed by atoms with Gasteiger partial charge in [-0.3, -0.25) is 14.4 Å². The van der Waals surface area contributed by atoms with E-state index < -0.39 is 23.7 Å². The smallest absolute Gasteiger partial charge is 0.308 e. The number of carbonyl (C=O) groups excluding carboxylic acids is 3. The molecule has 8 heteroatoms. The molecule has 0 spiro atoms. The summed E-state index contributed by atoms with van der Waals surface area (Å²) < 4.78 is 15.8. The van der Waals surface area contributed by atoms with Gasteiger partial charge in [0.25, 0.3) is 11.7 Å². The normalized spacial score (nSPS) is 17.2. The Bertz CT molecular complexity index is 1150. The highest BCUT2D eigenvalue weighted by atomic mass is 16.5. The molecule has 1 aliphatic heterocycles. The molecule has 1 heterocycles. The van der Waals surface area contributed by atoms with E-state index in [1.807, 2.05) is 13.8 Å². The number of Topliss-reactive ketones (excluding diaryl/α,β-unsaturated/α-hetero) is 1. The van der Waals surface area contributed by atoms with Gasteiger partial charge in [0.05, 0.1) is 18.7 Å². The fourth-order valence-electron chi connectivity index (χ4n) is 4.24. The van der Waals surface area contributed by atoms with Gasteiger partial charge in [-0.15, -0.1) is 0 Å². The largest absolute Gasteiger partial charge is 0.507 e. The van der Waals surface area contributed by atoms with Crippen LogP contribution in [-0.4, -0.2) is 55.0 Å². The molecule has 0 saturated carbocycles. The number of hydrogen-bond acceptors (Lipinski definition) is 7. The van der Waals surface area contributed by atoms with Crippen LogP contribution in [0, 0.1) is 0 Å². The molecule has 2 aromatic rings. The number of aliphatic hydroxyl groups is 1. The number of likely N-dealkylation sites (tertiary alicyclic amines) is 1. The van der Waals surface area contributed by atoms with Gasteiger partial charge >= 0.3 is 5.97 Å². The lowest BCUT2D eigenvalue weighted by atomic mass is 9.93. The standard InChI is InChI=1S/C27H31NO7/c1-16(2)21-15-19(10-11-22(21)34-5)25(30)23-24(18-8-6-9-20(14-18)35-17(3)29)28(12-7-13-33-4)27(32)26(23)31/h6,8-11,14-16,24,30H,7,12-13H2,1-5H3/b25-23+. The molecule has 8 nitrogen and oxygen atoms in total. The molecule has 1 fully saturated rings. The highest BCUT2D eigenvalue weighted by Crippen LogP contribution is 2.41. The SMILES string of the molecule is COCCCN1C(=O)C(=O)/C(=C(/O)c2ccc(OC)c(C(C)C)c2)C1c1cccc(OC(C)=O)c1. The Hall–Kier alpha value is -3.65. The van der Waals surface area contributed by atoms with Crippen molar-refractivity contribution in [1.29, 1.82) is 0 Å². The molecular formula is C27H31NO7. The number of ether oxygens (including phenoxy) is 3. The van der Waals surface area contributed by atoms with E-state index in [-0.39, 0.29) is 29.5 Å². The van der Waals surface area contributed by atoms with Crippen molar-refractivity contribution in [2.45, 2.75) is 39.2 Å². The number of rotatable bonds is 9. The van der Waals surface area contributed by atoms with E-state index in [0.717, 1.165) is 5.56 Å². The highest BCUT2D eigenvalue weighted by Gasteiger charge is 2.46. The Labute approximate surface area is 205 Å². The van der Waals surface area contributed by atoms with E-state index in [0.29, 0.717) is 29.9 Å². The maximum atomic E-state index is 13.2. The molecule has 0 bridgehead atoms. The molecule has 186 valence electrons. The van der Waals surface area contributed by atoms with Gasteiger partial charge in [0.1, 0.15) is 17.3 Å². The average Bonchev–Trinajstić information content (AvgIpc) is 3.08. The van der Waals surface area contributed by atoms with Gasteiger partial charge < -0.3 is 24.2 Å². The van der Waals surface area contributed by atoms with Gasteiger partial charge in [-0.2, -0.15) is 0 Å². The maximum absolute atomic E-state index is 13.2. The van der Waals surface area contributed by atoms with Crippen LogP contribution >= 0.6 is 0 Å². The molecule has 0 radical (unpaired) electrons. The summed E-state index contributed by atoms with van der Waals surface area (Å²) in [7, 11) is 3.13. The van der Waals surface area contributed by atoms with Crippen LogP contribution < -0.4 is 9.47 Å². The Balaban J connectivity index is 2.17. The second-order valence-electron chi connectivity index (χ2n) is 8.62. The van der Waals surface area contributed by atoms with Crippen molar-refractivity contribution in [3.8, 4) is 11.5 Å². The zero-order valence-electron chi connectivity index (χ0n) is 20.7. The van der Waals surface area contributed by atoms with Crippen LogP contribution in [0.3, 0.4) is 0 Å². The monoisotopic (exact) mass is 481 g/mol. The lowest BCUT2D eigenvalue weighted by Gasteiger charge is -2.25. The fraction of sp³-hybridized carbons (Fsp3) is 0.370. The number of methoxy groups -OCH3 is 2. The average molecular weight is 482 g/mol. The Morgan fingerprint density at radius 1 is 1.11 bits per heavy atom. The number of esters is 1. The summed E-state index contributed by atoms with van der Waals surface area (Å²) >= 11 is 0. The topological polar surface area (TPSA) is 102 Å². The third-order valence-electron chi connectivity index (χ3n) is 5.85. The quantitative estimate of drug-likeness (QED) is 0.143. The van der Waals surface area contributed by atoms with Crippen molar-refractivity contribution in [1.82, 2.24) is 4.90 Å². The third-order valence-corrected chi connectivity index (χ3v) is 5.85. The number of carbonyl (C=O) groups is 3. The van der Waals surface area contributed by atoms with E-state index in [1.54, 1.807) is 56.7 Å². The van der Waals surface area contributed by atoms with Gasteiger partial charge in [-0.1, -0.05) is 26.0 Å². The Morgan fingerprint density at radius 3 is 2.49 bits per heavy atom. The molecule has 1 unspecified atom stereocenters. The molecule has 1 amide bonds. The van der Waals surface area contributed by atoms with Crippen molar-refractivity contribution in [2.24, 2.45) is 0 Å². The van der Waals surface area contributed by atoms with Crippen molar-refractivity contribution in [2.75, 3.05) is 27.4 Å². The number of amides is 1. The van der Waals surface area contributed by atoms with Gasteiger partial charge in [0, 0.05) is 32.7 Å². The van der Waals surface area contributed by atoms with Crippen LogP contribution in [0.15, 0.2) is 48.0 Å². The number of hydrogen-bond donors (Lipinski definition) is 1. The minimum Gasteiger partial charge on any atom is -0.507 e. The molecule has 0 aromatic heterocycles. The van der Waals surface area contributed by atoms with Crippen LogP contribution in [0.5, 0.6) is 11.5 Å². The first-order valence-electron chi connectivity index (χ1n) is 11.4. The summed E-state index contributed by atoms with van der Waals surface area (Å²) in [4.78, 5) is 39.1. The Morgan fingerprint density at radius 2 is 1.86 bits per heavy atom. The van der Waals surface area contributed by atoms with E-state index in [2.05, 4.69) is 0 Å². The zero-order valence-corrected chi connectivity index (χ0v) is 20.7. The maximum Gasteiger partial charge on any atom is 0.308 e. The molecule has 35 heavy (non-hydrogen) atoms.